The van der Waals surface area contributed by atoms with Gasteiger partial charge in [-0.25, -0.2) is 4.79 Å². The lowest BCUT2D eigenvalue weighted by Gasteiger charge is -2.24. The molecular formula is C14H21BrN2O2. The first-order valence-corrected chi connectivity index (χ1v) is 6.98. The van der Waals surface area contributed by atoms with Crippen molar-refractivity contribution >= 4 is 22.0 Å². The zero-order valence-corrected chi connectivity index (χ0v) is 13.4. The molecule has 0 fully saturated rings. The molecule has 0 saturated carbocycles. The topological polar surface area (TPSA) is 64.3 Å². The number of nitrogens with two attached hydrogens (primary N) is 1. The van der Waals surface area contributed by atoms with Gasteiger partial charge in [0.05, 0.1) is 6.04 Å². The van der Waals surface area contributed by atoms with Gasteiger partial charge in [-0.05, 0) is 51.0 Å². The summed E-state index contributed by atoms with van der Waals surface area (Å²) in [5.74, 6) is 0. The molecule has 0 aliphatic heterocycles. The molecule has 0 aliphatic rings. The lowest BCUT2D eigenvalue weighted by atomic mass is 10.0. The standard InChI is InChI=1S/C14H21BrN2O2/c1-9-5-6-10(15)7-11(9)12(8-16)17-13(18)19-14(2,3)4/h5-7,12H,8,16H2,1-4H3,(H,17,18). The minimum atomic E-state index is -0.518. The summed E-state index contributed by atoms with van der Waals surface area (Å²) in [6.45, 7) is 7.79. The van der Waals surface area contributed by atoms with Gasteiger partial charge in [0.15, 0.2) is 0 Å². The maximum atomic E-state index is 11.8. The van der Waals surface area contributed by atoms with Crippen LogP contribution in [0.1, 0.15) is 37.9 Å². The average Bonchev–Trinajstić information content (AvgIpc) is 2.27. The van der Waals surface area contributed by atoms with E-state index in [1.165, 1.54) is 0 Å². The molecule has 106 valence electrons. The second-order valence-electron chi connectivity index (χ2n) is 5.44. The SMILES string of the molecule is Cc1ccc(Br)cc1C(CN)NC(=O)OC(C)(C)C. The van der Waals surface area contributed by atoms with E-state index >= 15 is 0 Å². The van der Waals surface area contributed by atoms with E-state index in [2.05, 4.69) is 21.2 Å². The molecule has 0 bridgehead atoms. The molecular weight excluding hydrogens is 308 g/mol. The Morgan fingerprint density at radius 3 is 2.63 bits per heavy atom. The van der Waals surface area contributed by atoms with Gasteiger partial charge in [-0.1, -0.05) is 22.0 Å². The molecule has 0 aromatic heterocycles. The van der Waals surface area contributed by atoms with Gasteiger partial charge in [0.2, 0.25) is 0 Å². The second-order valence-corrected chi connectivity index (χ2v) is 6.35. The number of hydrogen-bond donors (Lipinski definition) is 2. The van der Waals surface area contributed by atoms with Crippen LogP contribution >= 0.6 is 15.9 Å². The number of rotatable bonds is 3. The van der Waals surface area contributed by atoms with Gasteiger partial charge >= 0.3 is 6.09 Å². The highest BCUT2D eigenvalue weighted by Gasteiger charge is 2.20. The van der Waals surface area contributed by atoms with Crippen molar-refractivity contribution < 1.29 is 9.53 Å². The number of alkyl carbamates (subject to hydrolysis) is 1. The number of halogens is 1. The molecule has 0 aliphatic carbocycles. The molecule has 1 aromatic carbocycles. The summed E-state index contributed by atoms with van der Waals surface area (Å²) in [6, 6.07) is 5.65. The number of amides is 1. The van der Waals surface area contributed by atoms with Crippen LogP contribution in [0, 0.1) is 6.92 Å². The number of carbonyl (C=O) groups is 1. The number of carbonyl (C=O) groups excluding carboxylic acids is 1. The van der Waals surface area contributed by atoms with Gasteiger partial charge in [-0.3, -0.25) is 0 Å². The predicted octanol–water partition coefficient (Wildman–Crippen LogP) is 3.28. The fraction of sp³-hybridized carbons (Fsp3) is 0.500. The Hall–Kier alpha value is -1.07. The fourth-order valence-electron chi connectivity index (χ4n) is 1.70. The number of aryl methyl sites for hydroxylation is 1. The maximum absolute atomic E-state index is 11.8. The highest BCUT2D eigenvalue weighted by molar-refractivity contribution is 9.10. The molecule has 1 amide bonds. The Kier molecular flexibility index (Phi) is 5.38. The van der Waals surface area contributed by atoms with E-state index in [-0.39, 0.29) is 6.04 Å². The summed E-state index contributed by atoms with van der Waals surface area (Å²) in [5, 5.41) is 2.80. The summed E-state index contributed by atoms with van der Waals surface area (Å²) in [7, 11) is 0. The zero-order valence-electron chi connectivity index (χ0n) is 11.8. The van der Waals surface area contributed by atoms with Crippen molar-refractivity contribution in [1.82, 2.24) is 5.32 Å². The second kappa shape index (κ2) is 6.39. The van der Waals surface area contributed by atoms with E-state index in [4.69, 9.17) is 10.5 Å². The quantitative estimate of drug-likeness (QED) is 0.894. The zero-order chi connectivity index (χ0) is 14.6. The van der Waals surface area contributed by atoms with Gasteiger partial charge in [0, 0.05) is 11.0 Å². The van der Waals surface area contributed by atoms with Crippen molar-refractivity contribution in [2.75, 3.05) is 6.54 Å². The van der Waals surface area contributed by atoms with E-state index in [9.17, 15) is 4.79 Å². The van der Waals surface area contributed by atoms with Crippen LogP contribution in [0.15, 0.2) is 22.7 Å². The van der Waals surface area contributed by atoms with E-state index in [1.807, 2.05) is 45.9 Å². The Labute approximate surface area is 122 Å². The third-order valence-electron chi connectivity index (χ3n) is 2.54. The van der Waals surface area contributed by atoms with Crippen LogP contribution in [0.5, 0.6) is 0 Å². The lowest BCUT2D eigenvalue weighted by molar-refractivity contribution is 0.0505. The first-order valence-electron chi connectivity index (χ1n) is 6.18. The normalized spacial score (nSPS) is 12.9. The first kappa shape index (κ1) is 16.0. The van der Waals surface area contributed by atoms with Crippen LogP contribution < -0.4 is 11.1 Å². The lowest BCUT2D eigenvalue weighted by Crippen LogP contribution is -2.38. The predicted molar refractivity (Wildman–Crippen MR) is 80.0 cm³/mol. The molecule has 1 aromatic rings. The maximum Gasteiger partial charge on any atom is 0.408 e. The van der Waals surface area contributed by atoms with Crippen molar-refractivity contribution in [2.45, 2.75) is 39.3 Å². The molecule has 1 rings (SSSR count). The molecule has 5 heteroatoms. The van der Waals surface area contributed by atoms with E-state index in [0.717, 1.165) is 15.6 Å². The Morgan fingerprint density at radius 2 is 2.11 bits per heavy atom. The van der Waals surface area contributed by atoms with Crippen LogP contribution in [-0.2, 0) is 4.74 Å². The third-order valence-corrected chi connectivity index (χ3v) is 3.04. The molecule has 1 atom stereocenters. The van der Waals surface area contributed by atoms with Gasteiger partial charge in [0.1, 0.15) is 5.60 Å². The first-order chi connectivity index (χ1) is 8.73. The van der Waals surface area contributed by atoms with E-state index in [0.29, 0.717) is 6.54 Å². The van der Waals surface area contributed by atoms with Gasteiger partial charge in [0.25, 0.3) is 0 Å². The van der Waals surface area contributed by atoms with Crippen LogP contribution in [-0.4, -0.2) is 18.2 Å². The summed E-state index contributed by atoms with van der Waals surface area (Å²) in [5.41, 5.74) is 7.30. The molecule has 0 heterocycles. The Balaban J connectivity index is 2.84. The highest BCUT2D eigenvalue weighted by Crippen LogP contribution is 2.22. The monoisotopic (exact) mass is 328 g/mol. The molecule has 0 radical (unpaired) electrons. The van der Waals surface area contributed by atoms with Crippen LogP contribution in [0.3, 0.4) is 0 Å². The van der Waals surface area contributed by atoms with Crippen molar-refractivity contribution in [3.63, 3.8) is 0 Å². The van der Waals surface area contributed by atoms with Crippen LogP contribution in [0.2, 0.25) is 0 Å². The smallest absolute Gasteiger partial charge is 0.408 e. The van der Waals surface area contributed by atoms with E-state index < -0.39 is 11.7 Å². The third kappa shape index (κ3) is 5.20. The molecule has 0 saturated heterocycles. The number of nitrogens with one attached hydrogen (secondary N) is 1. The van der Waals surface area contributed by atoms with E-state index in [1.54, 1.807) is 0 Å². The number of ether oxygens (including phenoxy) is 1. The van der Waals surface area contributed by atoms with Crippen LogP contribution in [0.25, 0.3) is 0 Å². The largest absolute Gasteiger partial charge is 0.444 e. The summed E-state index contributed by atoms with van der Waals surface area (Å²) in [4.78, 5) is 11.8. The van der Waals surface area contributed by atoms with Crippen LogP contribution in [0.4, 0.5) is 4.79 Å². The molecule has 0 spiro atoms. The molecule has 19 heavy (non-hydrogen) atoms. The van der Waals surface area contributed by atoms with Gasteiger partial charge < -0.3 is 15.8 Å². The summed E-state index contributed by atoms with van der Waals surface area (Å²) >= 11 is 3.42. The summed E-state index contributed by atoms with van der Waals surface area (Å²) < 4.78 is 6.20. The Bertz CT molecular complexity index is 455. The highest BCUT2D eigenvalue weighted by atomic mass is 79.9. The minimum Gasteiger partial charge on any atom is -0.444 e. The van der Waals surface area contributed by atoms with Crippen molar-refractivity contribution in [2.24, 2.45) is 5.73 Å². The molecule has 3 N–H and O–H groups in total. The van der Waals surface area contributed by atoms with Crippen molar-refractivity contribution in [1.29, 1.82) is 0 Å². The number of benzene rings is 1. The summed E-state index contributed by atoms with van der Waals surface area (Å²) in [6.07, 6.45) is -0.456. The average molecular weight is 329 g/mol. The van der Waals surface area contributed by atoms with Crippen molar-refractivity contribution in [3.05, 3.63) is 33.8 Å². The Morgan fingerprint density at radius 1 is 1.47 bits per heavy atom. The van der Waals surface area contributed by atoms with Crippen molar-refractivity contribution in [3.8, 4) is 0 Å². The number of hydrogen-bond acceptors (Lipinski definition) is 3. The molecule has 4 nitrogen and oxygen atoms in total. The molecule has 1 unspecified atom stereocenters. The van der Waals surface area contributed by atoms with Gasteiger partial charge in [-0.15, -0.1) is 0 Å². The fourth-order valence-corrected chi connectivity index (χ4v) is 2.08. The minimum absolute atomic E-state index is 0.257. The van der Waals surface area contributed by atoms with Gasteiger partial charge in [-0.2, -0.15) is 0 Å².